The molecule has 1 aromatic carbocycles. The minimum absolute atomic E-state index is 0.167. The van der Waals surface area contributed by atoms with Crippen molar-refractivity contribution in [3.8, 4) is 0 Å². The van der Waals surface area contributed by atoms with Crippen LogP contribution in [0.2, 0.25) is 0 Å². The molecule has 0 atom stereocenters. The third kappa shape index (κ3) is 4.95. The third-order valence-corrected chi connectivity index (χ3v) is 4.11. The molecule has 4 nitrogen and oxygen atoms in total. The number of hydrogen-bond donors (Lipinski definition) is 0. The van der Waals surface area contributed by atoms with E-state index >= 15 is 0 Å². The van der Waals surface area contributed by atoms with Gasteiger partial charge in [-0.15, -0.1) is 0 Å². The lowest BCUT2D eigenvalue weighted by Gasteiger charge is -2.27. The van der Waals surface area contributed by atoms with E-state index in [0.717, 1.165) is 12.4 Å². The van der Waals surface area contributed by atoms with E-state index in [1.807, 2.05) is 17.3 Å². The molecule has 1 amide bonds. The van der Waals surface area contributed by atoms with Gasteiger partial charge in [0.15, 0.2) is 0 Å². The largest absolute Gasteiger partial charge is 0.333 e. The van der Waals surface area contributed by atoms with Gasteiger partial charge in [-0.25, -0.2) is 4.98 Å². The number of benzene rings is 1. The topological polar surface area (TPSA) is 38.1 Å². The Bertz CT molecular complexity index is 656. The first-order valence-electron chi connectivity index (χ1n) is 8.72. The summed E-state index contributed by atoms with van der Waals surface area (Å²) in [6, 6.07) is 8.70. The third-order valence-electron chi connectivity index (χ3n) is 4.11. The number of carbonyl (C=O) groups excluding carboxylic acids is 1. The molecule has 0 spiro atoms. The first-order valence-corrected chi connectivity index (χ1v) is 8.72. The van der Waals surface area contributed by atoms with Crippen LogP contribution < -0.4 is 0 Å². The summed E-state index contributed by atoms with van der Waals surface area (Å²) in [7, 11) is 0. The molecule has 130 valence electrons. The van der Waals surface area contributed by atoms with Crippen molar-refractivity contribution >= 4 is 5.91 Å². The number of rotatable bonds is 7. The van der Waals surface area contributed by atoms with Crippen LogP contribution in [-0.4, -0.2) is 26.4 Å². The van der Waals surface area contributed by atoms with Crippen LogP contribution in [0.1, 0.15) is 51.1 Å². The van der Waals surface area contributed by atoms with Crippen LogP contribution in [0.5, 0.6) is 0 Å². The molecule has 0 aliphatic carbocycles. The maximum Gasteiger partial charge on any atom is 0.223 e. The highest BCUT2D eigenvalue weighted by Gasteiger charge is 2.20. The molecule has 0 unspecified atom stereocenters. The van der Waals surface area contributed by atoms with Crippen LogP contribution in [0.3, 0.4) is 0 Å². The maximum atomic E-state index is 12.5. The zero-order chi connectivity index (χ0) is 17.7. The van der Waals surface area contributed by atoms with Gasteiger partial charge in [-0.05, 0) is 32.3 Å². The van der Waals surface area contributed by atoms with E-state index in [2.05, 4.69) is 68.4 Å². The Morgan fingerprint density at radius 2 is 1.83 bits per heavy atom. The minimum Gasteiger partial charge on any atom is -0.333 e. The van der Waals surface area contributed by atoms with Crippen LogP contribution in [-0.2, 0) is 17.9 Å². The highest BCUT2D eigenvalue weighted by Crippen LogP contribution is 2.14. The molecule has 2 rings (SSSR count). The van der Waals surface area contributed by atoms with Crippen molar-refractivity contribution in [3.05, 3.63) is 53.6 Å². The number of nitrogens with zero attached hydrogens (tertiary/aromatic N) is 3. The Balaban J connectivity index is 2.12. The molecule has 2 aromatic rings. The summed E-state index contributed by atoms with van der Waals surface area (Å²) in [6.07, 6.45) is 4.38. The molecule has 0 N–H and O–H groups in total. The Morgan fingerprint density at radius 3 is 2.42 bits per heavy atom. The van der Waals surface area contributed by atoms with Gasteiger partial charge in [0.25, 0.3) is 0 Å². The molecule has 24 heavy (non-hydrogen) atoms. The average Bonchev–Trinajstić information content (AvgIpc) is 2.93. The predicted molar refractivity (Wildman–Crippen MR) is 97.6 cm³/mol. The van der Waals surface area contributed by atoms with E-state index in [9.17, 15) is 4.79 Å². The SMILES string of the molecule is Cc1ccc(Cn2ccnc2CN(C(=O)CC(C)C)C(C)C)cc1. The van der Waals surface area contributed by atoms with Crippen molar-refractivity contribution in [2.75, 3.05) is 0 Å². The van der Waals surface area contributed by atoms with E-state index in [4.69, 9.17) is 0 Å². The van der Waals surface area contributed by atoms with E-state index in [0.29, 0.717) is 18.9 Å². The molecule has 0 radical (unpaired) electrons. The van der Waals surface area contributed by atoms with Crippen molar-refractivity contribution in [2.45, 2.75) is 60.2 Å². The van der Waals surface area contributed by atoms with Gasteiger partial charge in [0, 0.05) is 31.4 Å². The lowest BCUT2D eigenvalue weighted by molar-refractivity contribution is -0.134. The highest BCUT2D eigenvalue weighted by molar-refractivity contribution is 5.76. The molecule has 0 saturated heterocycles. The standard InChI is InChI=1S/C20H29N3O/c1-15(2)12-20(24)23(16(3)4)14-19-21-10-11-22(19)13-18-8-6-17(5)7-9-18/h6-11,15-16H,12-14H2,1-5H3. The zero-order valence-corrected chi connectivity index (χ0v) is 15.5. The van der Waals surface area contributed by atoms with Crippen LogP contribution in [0.25, 0.3) is 0 Å². The second kappa shape index (κ2) is 8.13. The number of imidazole rings is 1. The molecule has 0 bridgehead atoms. The minimum atomic E-state index is 0.167. The van der Waals surface area contributed by atoms with Crippen LogP contribution >= 0.6 is 0 Å². The van der Waals surface area contributed by atoms with E-state index < -0.39 is 0 Å². The van der Waals surface area contributed by atoms with Gasteiger partial charge < -0.3 is 9.47 Å². The average molecular weight is 327 g/mol. The van der Waals surface area contributed by atoms with Gasteiger partial charge in [-0.2, -0.15) is 0 Å². The molecule has 0 aliphatic rings. The van der Waals surface area contributed by atoms with E-state index in [-0.39, 0.29) is 11.9 Å². The van der Waals surface area contributed by atoms with Gasteiger partial charge >= 0.3 is 0 Å². The fourth-order valence-electron chi connectivity index (χ4n) is 2.70. The van der Waals surface area contributed by atoms with Crippen molar-refractivity contribution in [3.63, 3.8) is 0 Å². The second-order valence-corrected chi connectivity index (χ2v) is 7.17. The summed E-state index contributed by atoms with van der Waals surface area (Å²) in [5.74, 6) is 1.50. The Hall–Kier alpha value is -2.10. The quantitative estimate of drug-likeness (QED) is 0.770. The van der Waals surface area contributed by atoms with Crippen LogP contribution in [0.4, 0.5) is 0 Å². The van der Waals surface area contributed by atoms with Gasteiger partial charge in [-0.3, -0.25) is 4.79 Å². The van der Waals surface area contributed by atoms with E-state index in [1.54, 1.807) is 0 Å². The van der Waals surface area contributed by atoms with Gasteiger partial charge in [0.2, 0.25) is 5.91 Å². The maximum absolute atomic E-state index is 12.5. The monoisotopic (exact) mass is 327 g/mol. The number of hydrogen-bond acceptors (Lipinski definition) is 2. The summed E-state index contributed by atoms with van der Waals surface area (Å²) >= 11 is 0. The molecule has 4 heteroatoms. The van der Waals surface area contributed by atoms with Crippen molar-refractivity contribution in [1.82, 2.24) is 14.5 Å². The lowest BCUT2D eigenvalue weighted by atomic mass is 10.1. The number of carbonyl (C=O) groups is 1. The fourth-order valence-corrected chi connectivity index (χ4v) is 2.70. The summed E-state index contributed by atoms with van der Waals surface area (Å²) in [6.45, 7) is 11.7. The van der Waals surface area contributed by atoms with Crippen LogP contribution in [0.15, 0.2) is 36.7 Å². The summed E-state index contributed by atoms with van der Waals surface area (Å²) in [5.41, 5.74) is 2.50. The molecule has 1 heterocycles. The molecule has 0 aliphatic heterocycles. The predicted octanol–water partition coefficient (Wildman–Crippen LogP) is 4.02. The van der Waals surface area contributed by atoms with Gasteiger partial charge in [0.05, 0.1) is 6.54 Å². The molecular weight excluding hydrogens is 298 g/mol. The molecular formula is C20H29N3O. The second-order valence-electron chi connectivity index (χ2n) is 7.17. The Kier molecular flexibility index (Phi) is 6.18. The summed E-state index contributed by atoms with van der Waals surface area (Å²) in [5, 5.41) is 0. The van der Waals surface area contributed by atoms with Crippen molar-refractivity contribution in [2.24, 2.45) is 5.92 Å². The highest BCUT2D eigenvalue weighted by atomic mass is 16.2. The fraction of sp³-hybridized carbons (Fsp3) is 0.500. The number of amides is 1. The lowest BCUT2D eigenvalue weighted by Crippen LogP contribution is -2.37. The van der Waals surface area contributed by atoms with Gasteiger partial charge in [0.1, 0.15) is 5.82 Å². The van der Waals surface area contributed by atoms with Gasteiger partial charge in [-0.1, -0.05) is 43.7 Å². The smallest absolute Gasteiger partial charge is 0.223 e. The zero-order valence-electron chi connectivity index (χ0n) is 15.5. The van der Waals surface area contributed by atoms with Crippen molar-refractivity contribution < 1.29 is 4.79 Å². The Labute approximate surface area is 145 Å². The van der Waals surface area contributed by atoms with E-state index in [1.165, 1.54) is 11.1 Å². The normalized spacial score (nSPS) is 11.3. The number of aromatic nitrogens is 2. The Morgan fingerprint density at radius 1 is 1.17 bits per heavy atom. The number of aryl methyl sites for hydroxylation is 1. The summed E-state index contributed by atoms with van der Waals surface area (Å²) in [4.78, 5) is 18.9. The molecule has 0 fully saturated rings. The molecule has 1 aromatic heterocycles. The van der Waals surface area contributed by atoms with Crippen molar-refractivity contribution in [1.29, 1.82) is 0 Å². The first kappa shape index (κ1) is 18.2. The van der Waals surface area contributed by atoms with Crippen LogP contribution in [0, 0.1) is 12.8 Å². The summed E-state index contributed by atoms with van der Waals surface area (Å²) < 4.78 is 2.13. The first-order chi connectivity index (χ1) is 11.4. The molecule has 0 saturated carbocycles.